The average Bonchev–Trinajstić information content (AvgIpc) is 2.27. The molecule has 1 aromatic rings. The first-order chi connectivity index (χ1) is 7.66. The molecule has 0 saturated carbocycles. The first-order valence-electron chi connectivity index (χ1n) is 5.15. The van der Waals surface area contributed by atoms with Crippen LogP contribution in [0.4, 0.5) is 5.69 Å². The molecule has 1 heterocycles. The molecule has 1 aliphatic heterocycles. The number of halogens is 3. The quantitative estimate of drug-likeness (QED) is 0.775. The SMILES string of the molecule is Clc1cc(Cl)c(NC2CCCSC2)cc1Cl. The highest BCUT2D eigenvalue weighted by Crippen LogP contribution is 2.33. The van der Waals surface area contributed by atoms with Gasteiger partial charge in [-0.1, -0.05) is 34.8 Å². The molecule has 0 radical (unpaired) electrons. The van der Waals surface area contributed by atoms with Crippen LogP contribution in [-0.4, -0.2) is 17.5 Å². The lowest BCUT2D eigenvalue weighted by molar-refractivity contribution is 0.685. The normalized spacial score (nSPS) is 20.8. The lowest BCUT2D eigenvalue weighted by atomic mass is 10.1. The van der Waals surface area contributed by atoms with Crippen molar-refractivity contribution in [2.75, 3.05) is 16.8 Å². The summed E-state index contributed by atoms with van der Waals surface area (Å²) in [6.45, 7) is 0. The van der Waals surface area contributed by atoms with Crippen LogP contribution in [0.5, 0.6) is 0 Å². The highest BCUT2D eigenvalue weighted by molar-refractivity contribution is 7.99. The highest BCUT2D eigenvalue weighted by Gasteiger charge is 2.15. The lowest BCUT2D eigenvalue weighted by Gasteiger charge is -2.24. The minimum atomic E-state index is 0.480. The molecule has 0 spiro atoms. The van der Waals surface area contributed by atoms with Crippen LogP contribution in [0.25, 0.3) is 0 Å². The van der Waals surface area contributed by atoms with Crippen LogP contribution in [-0.2, 0) is 0 Å². The largest absolute Gasteiger partial charge is 0.380 e. The lowest BCUT2D eigenvalue weighted by Crippen LogP contribution is -2.25. The van der Waals surface area contributed by atoms with E-state index >= 15 is 0 Å². The second kappa shape index (κ2) is 5.72. The summed E-state index contributed by atoms with van der Waals surface area (Å²) < 4.78 is 0. The van der Waals surface area contributed by atoms with Crippen molar-refractivity contribution in [3.63, 3.8) is 0 Å². The van der Waals surface area contributed by atoms with E-state index in [1.165, 1.54) is 18.6 Å². The van der Waals surface area contributed by atoms with Gasteiger partial charge < -0.3 is 5.32 Å². The van der Waals surface area contributed by atoms with Crippen LogP contribution in [0.2, 0.25) is 15.1 Å². The molecule has 0 aromatic heterocycles. The summed E-state index contributed by atoms with van der Waals surface area (Å²) in [5.41, 5.74) is 0.878. The molecular weight excluding hydrogens is 285 g/mol. The smallest absolute Gasteiger partial charge is 0.0653 e. The molecule has 1 saturated heterocycles. The fourth-order valence-corrected chi connectivity index (χ4v) is 3.38. The van der Waals surface area contributed by atoms with Crippen molar-refractivity contribution in [3.05, 3.63) is 27.2 Å². The van der Waals surface area contributed by atoms with Crippen molar-refractivity contribution >= 4 is 52.3 Å². The van der Waals surface area contributed by atoms with E-state index in [9.17, 15) is 0 Å². The molecule has 1 atom stereocenters. The van der Waals surface area contributed by atoms with Gasteiger partial charge in [-0.15, -0.1) is 0 Å². The molecule has 88 valence electrons. The number of hydrogen-bond acceptors (Lipinski definition) is 2. The summed E-state index contributed by atoms with van der Waals surface area (Å²) in [6.07, 6.45) is 2.44. The molecular formula is C11H12Cl3NS. The summed E-state index contributed by atoms with van der Waals surface area (Å²) in [4.78, 5) is 0. The zero-order valence-corrected chi connectivity index (χ0v) is 11.7. The number of thioether (sulfide) groups is 1. The number of benzene rings is 1. The van der Waals surface area contributed by atoms with Crippen LogP contribution >= 0.6 is 46.6 Å². The monoisotopic (exact) mass is 295 g/mol. The molecule has 1 unspecified atom stereocenters. The number of anilines is 1. The van der Waals surface area contributed by atoms with Gasteiger partial charge in [0.05, 0.1) is 20.8 Å². The van der Waals surface area contributed by atoms with Gasteiger partial charge >= 0.3 is 0 Å². The van der Waals surface area contributed by atoms with Gasteiger partial charge in [0.25, 0.3) is 0 Å². The molecule has 1 N–H and O–H groups in total. The zero-order valence-electron chi connectivity index (χ0n) is 8.60. The van der Waals surface area contributed by atoms with E-state index in [1.807, 2.05) is 11.8 Å². The second-order valence-electron chi connectivity index (χ2n) is 3.80. The van der Waals surface area contributed by atoms with Crippen LogP contribution < -0.4 is 5.32 Å². The van der Waals surface area contributed by atoms with E-state index in [0.29, 0.717) is 21.1 Å². The Hall–Kier alpha value is 0.240. The maximum absolute atomic E-state index is 6.11. The third-order valence-electron chi connectivity index (χ3n) is 2.53. The van der Waals surface area contributed by atoms with E-state index in [-0.39, 0.29) is 0 Å². The predicted molar refractivity (Wildman–Crippen MR) is 75.4 cm³/mol. The van der Waals surface area contributed by atoms with Crippen molar-refractivity contribution in [2.45, 2.75) is 18.9 Å². The summed E-state index contributed by atoms with van der Waals surface area (Å²) in [5.74, 6) is 2.38. The standard InChI is InChI=1S/C11H12Cl3NS/c12-8-4-10(14)11(5-9(8)13)15-7-2-1-3-16-6-7/h4-5,7,15H,1-3,6H2. The summed E-state index contributed by atoms with van der Waals surface area (Å²) >= 11 is 19.9. The van der Waals surface area contributed by atoms with E-state index < -0.39 is 0 Å². The van der Waals surface area contributed by atoms with Crippen molar-refractivity contribution in [1.29, 1.82) is 0 Å². The van der Waals surface area contributed by atoms with Gasteiger partial charge in [-0.25, -0.2) is 0 Å². The van der Waals surface area contributed by atoms with E-state index in [4.69, 9.17) is 34.8 Å². The minimum Gasteiger partial charge on any atom is -0.380 e. The Labute approximate surface area is 115 Å². The minimum absolute atomic E-state index is 0.480. The van der Waals surface area contributed by atoms with Crippen LogP contribution in [0.1, 0.15) is 12.8 Å². The fourth-order valence-electron chi connectivity index (χ4n) is 1.71. The third kappa shape index (κ3) is 3.13. The Morgan fingerprint density at radius 3 is 2.56 bits per heavy atom. The zero-order chi connectivity index (χ0) is 11.5. The second-order valence-corrected chi connectivity index (χ2v) is 6.18. The Kier molecular flexibility index (Phi) is 4.54. The molecule has 0 aliphatic carbocycles. The Balaban J connectivity index is 2.11. The van der Waals surface area contributed by atoms with E-state index in [1.54, 1.807) is 12.1 Å². The van der Waals surface area contributed by atoms with Gasteiger partial charge in [0.2, 0.25) is 0 Å². The molecule has 1 nitrogen and oxygen atoms in total. The number of hydrogen-bond donors (Lipinski definition) is 1. The number of rotatable bonds is 2. The van der Waals surface area contributed by atoms with Gasteiger partial charge in [-0.2, -0.15) is 11.8 Å². The molecule has 0 amide bonds. The van der Waals surface area contributed by atoms with Crippen molar-refractivity contribution in [1.82, 2.24) is 0 Å². The molecule has 5 heteroatoms. The van der Waals surface area contributed by atoms with Gasteiger partial charge in [-0.3, -0.25) is 0 Å². The van der Waals surface area contributed by atoms with Crippen molar-refractivity contribution in [3.8, 4) is 0 Å². The van der Waals surface area contributed by atoms with Gasteiger partial charge in [0, 0.05) is 11.8 Å². The van der Waals surface area contributed by atoms with E-state index in [0.717, 1.165) is 11.4 Å². The summed E-state index contributed by atoms with van der Waals surface area (Å²) in [6, 6.07) is 3.96. The Bertz CT molecular complexity index is 378. The summed E-state index contributed by atoms with van der Waals surface area (Å²) in [7, 11) is 0. The molecule has 1 aromatic carbocycles. The van der Waals surface area contributed by atoms with E-state index in [2.05, 4.69) is 5.32 Å². The fraction of sp³-hybridized carbons (Fsp3) is 0.455. The van der Waals surface area contributed by atoms with Crippen LogP contribution in [0, 0.1) is 0 Å². The maximum Gasteiger partial charge on any atom is 0.0653 e. The molecule has 1 fully saturated rings. The predicted octanol–water partition coefficient (Wildman–Crippen LogP) is 4.95. The highest BCUT2D eigenvalue weighted by atomic mass is 35.5. The van der Waals surface area contributed by atoms with Crippen LogP contribution in [0.3, 0.4) is 0 Å². The van der Waals surface area contributed by atoms with Gasteiger partial charge in [0.15, 0.2) is 0 Å². The molecule has 1 aliphatic rings. The van der Waals surface area contributed by atoms with Crippen molar-refractivity contribution in [2.24, 2.45) is 0 Å². The first kappa shape index (κ1) is 12.7. The first-order valence-corrected chi connectivity index (χ1v) is 7.44. The topological polar surface area (TPSA) is 12.0 Å². The van der Waals surface area contributed by atoms with Crippen LogP contribution in [0.15, 0.2) is 12.1 Å². The molecule has 0 bridgehead atoms. The Morgan fingerprint density at radius 2 is 1.88 bits per heavy atom. The maximum atomic E-state index is 6.11. The van der Waals surface area contributed by atoms with Gasteiger partial charge in [0.1, 0.15) is 0 Å². The Morgan fingerprint density at radius 1 is 1.12 bits per heavy atom. The van der Waals surface area contributed by atoms with Gasteiger partial charge in [-0.05, 0) is 30.7 Å². The third-order valence-corrected chi connectivity index (χ3v) is 4.78. The number of nitrogens with one attached hydrogen (secondary N) is 1. The summed E-state index contributed by atoms with van der Waals surface area (Å²) in [5, 5.41) is 5.09. The molecule has 16 heavy (non-hydrogen) atoms. The molecule has 2 rings (SSSR count). The average molecular weight is 297 g/mol. The van der Waals surface area contributed by atoms with Crippen molar-refractivity contribution < 1.29 is 0 Å².